The summed E-state index contributed by atoms with van der Waals surface area (Å²) in [6.45, 7) is 14.3. The number of amides is 3. The molecule has 0 saturated carbocycles. The number of urea groups is 1. The van der Waals surface area contributed by atoms with Crippen LogP contribution in [0, 0.1) is 5.41 Å². The smallest absolute Gasteiger partial charge is 0.315 e. The molecule has 2 saturated heterocycles. The predicted octanol–water partition coefficient (Wildman–Crippen LogP) is 5.12. The topological polar surface area (TPSA) is 73.1 Å². The van der Waals surface area contributed by atoms with Gasteiger partial charge in [-0.1, -0.05) is 68.2 Å². The molecule has 2 aromatic rings. The van der Waals surface area contributed by atoms with Crippen molar-refractivity contribution in [2.75, 3.05) is 39.3 Å². The van der Waals surface area contributed by atoms with Crippen molar-refractivity contribution in [2.45, 2.75) is 58.8 Å². The minimum absolute atomic E-state index is 0.0179. The van der Waals surface area contributed by atoms with Crippen molar-refractivity contribution in [2.24, 2.45) is 11.1 Å². The zero-order valence-electron chi connectivity index (χ0n) is 23.6. The van der Waals surface area contributed by atoms with E-state index in [2.05, 4.69) is 66.7 Å². The largest absolute Gasteiger partial charge is 0.351 e. The maximum atomic E-state index is 13.8. The van der Waals surface area contributed by atoms with E-state index in [9.17, 15) is 9.59 Å². The normalized spacial score (nSPS) is 23.3. The van der Waals surface area contributed by atoms with Gasteiger partial charge in [0, 0.05) is 60.9 Å². The molecule has 0 radical (unpaired) electrons. The zero-order valence-corrected chi connectivity index (χ0v) is 25.1. The molecule has 3 atom stereocenters. The Labute approximate surface area is 242 Å². The Balaban J connectivity index is 1.55. The minimum Gasteiger partial charge on any atom is -0.351 e. The van der Waals surface area contributed by atoms with E-state index in [1.54, 1.807) is 4.90 Å². The molecule has 0 aliphatic carbocycles. The molecule has 4 rings (SSSR count). The summed E-state index contributed by atoms with van der Waals surface area (Å²) in [5.41, 5.74) is 7.75. The second-order valence-corrected chi connectivity index (χ2v) is 13.0. The number of carbonyl (C=O) groups excluding carboxylic acids is 2. The van der Waals surface area contributed by atoms with Crippen LogP contribution in [0.5, 0.6) is 0 Å². The molecule has 2 aliphatic rings. The van der Waals surface area contributed by atoms with E-state index in [0.29, 0.717) is 36.2 Å². The van der Waals surface area contributed by atoms with Crippen molar-refractivity contribution in [3.8, 4) is 0 Å². The number of primary amides is 1. The molecule has 2 fully saturated rings. The van der Waals surface area contributed by atoms with Crippen molar-refractivity contribution in [3.05, 3.63) is 69.7 Å². The predicted molar refractivity (Wildman–Crippen MR) is 158 cm³/mol. The fourth-order valence-electron chi connectivity index (χ4n) is 5.97. The van der Waals surface area contributed by atoms with Crippen LogP contribution in [0.3, 0.4) is 0 Å². The van der Waals surface area contributed by atoms with Gasteiger partial charge >= 0.3 is 6.03 Å². The molecule has 7 nitrogen and oxygen atoms in total. The minimum atomic E-state index is -0.403. The fourth-order valence-corrected chi connectivity index (χ4v) is 6.22. The number of rotatable bonds is 5. The van der Waals surface area contributed by atoms with Gasteiger partial charge in [0.05, 0.1) is 12.6 Å². The molecule has 39 heavy (non-hydrogen) atoms. The molecule has 0 spiro atoms. The average Bonchev–Trinajstić information content (AvgIpc) is 2.87. The number of nitrogens with zero attached hydrogens (tertiary/aromatic N) is 4. The highest BCUT2D eigenvalue weighted by molar-refractivity contribution is 6.30. The molecular weight excluding hydrogens is 533 g/mol. The quantitative estimate of drug-likeness (QED) is 0.539. The van der Waals surface area contributed by atoms with Crippen LogP contribution >= 0.6 is 23.2 Å². The number of carbonyl (C=O) groups is 2. The Morgan fingerprint density at radius 3 is 1.87 bits per heavy atom. The third-order valence-electron chi connectivity index (χ3n) is 8.20. The number of piperazine rings is 2. The lowest BCUT2D eigenvalue weighted by Gasteiger charge is -2.50. The number of hydrogen-bond acceptors (Lipinski definition) is 4. The Bertz CT molecular complexity index is 1110. The van der Waals surface area contributed by atoms with Gasteiger partial charge in [-0.15, -0.1) is 0 Å². The third-order valence-corrected chi connectivity index (χ3v) is 8.71. The van der Waals surface area contributed by atoms with Crippen LogP contribution in [-0.2, 0) is 4.79 Å². The first-order chi connectivity index (χ1) is 18.3. The first kappa shape index (κ1) is 29.7. The number of halogens is 2. The van der Waals surface area contributed by atoms with Crippen molar-refractivity contribution < 1.29 is 9.59 Å². The standard InChI is InChI=1S/C30H41Cl2N5O2/c1-20-17-37(29(33)39)21(2)16-35(20)19-27(38)36-15-14-34(18-26(36)30(3,4)5)28(22-6-10-24(31)11-7-22)23-8-12-25(32)13-9-23/h6-13,20-21,26,28H,14-19H2,1-5H3,(H2,33,39)/t20-,21+,26-/m1/s1. The Morgan fingerprint density at radius 1 is 0.846 bits per heavy atom. The van der Waals surface area contributed by atoms with E-state index in [0.717, 1.165) is 24.2 Å². The summed E-state index contributed by atoms with van der Waals surface area (Å²) in [7, 11) is 0. The first-order valence-electron chi connectivity index (χ1n) is 13.7. The SMILES string of the molecule is C[C@@H]1CN(C(N)=O)[C@@H](C)CN1CC(=O)N1CCN(C(c2ccc(Cl)cc2)c2ccc(Cl)cc2)C[C@@H]1C(C)(C)C. The van der Waals surface area contributed by atoms with Gasteiger partial charge in [0.2, 0.25) is 5.91 Å². The fraction of sp³-hybridized carbons (Fsp3) is 0.533. The number of nitrogens with two attached hydrogens (primary N) is 1. The Morgan fingerprint density at radius 2 is 1.38 bits per heavy atom. The molecule has 0 bridgehead atoms. The summed E-state index contributed by atoms with van der Waals surface area (Å²) in [6.07, 6.45) is 0. The third kappa shape index (κ3) is 6.88. The van der Waals surface area contributed by atoms with Gasteiger partial charge in [0.15, 0.2) is 0 Å². The van der Waals surface area contributed by atoms with E-state index >= 15 is 0 Å². The zero-order chi connectivity index (χ0) is 28.5. The summed E-state index contributed by atoms with van der Waals surface area (Å²) in [4.78, 5) is 34.0. The molecule has 9 heteroatoms. The van der Waals surface area contributed by atoms with E-state index < -0.39 is 6.03 Å². The molecule has 0 aromatic heterocycles. The molecule has 0 unspecified atom stereocenters. The highest BCUT2D eigenvalue weighted by Crippen LogP contribution is 2.36. The lowest BCUT2D eigenvalue weighted by atomic mass is 9.83. The molecule has 2 heterocycles. The van der Waals surface area contributed by atoms with Crippen LogP contribution in [0.1, 0.15) is 51.8 Å². The van der Waals surface area contributed by atoms with Crippen LogP contribution in [0.15, 0.2) is 48.5 Å². The summed E-state index contributed by atoms with van der Waals surface area (Å²) >= 11 is 12.4. The van der Waals surface area contributed by atoms with Crippen LogP contribution in [0.4, 0.5) is 4.79 Å². The van der Waals surface area contributed by atoms with E-state index in [1.165, 1.54) is 0 Å². The van der Waals surface area contributed by atoms with Crippen molar-refractivity contribution in [1.29, 1.82) is 0 Å². The summed E-state index contributed by atoms with van der Waals surface area (Å²) in [5.74, 6) is 0.135. The van der Waals surface area contributed by atoms with Crippen LogP contribution in [-0.4, -0.2) is 88.9 Å². The summed E-state index contributed by atoms with van der Waals surface area (Å²) < 4.78 is 0. The lowest BCUT2D eigenvalue weighted by molar-refractivity contribution is -0.142. The lowest BCUT2D eigenvalue weighted by Crippen LogP contribution is -2.64. The van der Waals surface area contributed by atoms with Gasteiger partial charge in [-0.3, -0.25) is 14.6 Å². The summed E-state index contributed by atoms with van der Waals surface area (Å²) in [6, 6.07) is 15.7. The maximum Gasteiger partial charge on any atom is 0.315 e. The van der Waals surface area contributed by atoms with E-state index in [4.69, 9.17) is 28.9 Å². The van der Waals surface area contributed by atoms with Crippen molar-refractivity contribution in [3.63, 3.8) is 0 Å². The van der Waals surface area contributed by atoms with Gasteiger partial charge in [-0.05, 0) is 54.7 Å². The molecule has 2 aliphatic heterocycles. The van der Waals surface area contributed by atoms with Crippen LogP contribution < -0.4 is 5.73 Å². The van der Waals surface area contributed by atoms with Gasteiger partial charge < -0.3 is 15.5 Å². The van der Waals surface area contributed by atoms with Crippen LogP contribution in [0.25, 0.3) is 0 Å². The highest BCUT2D eigenvalue weighted by atomic mass is 35.5. The van der Waals surface area contributed by atoms with Crippen LogP contribution in [0.2, 0.25) is 10.0 Å². The van der Waals surface area contributed by atoms with Gasteiger partial charge in [-0.2, -0.15) is 0 Å². The molecule has 2 aromatic carbocycles. The maximum absolute atomic E-state index is 13.8. The molecular formula is C30H41Cl2N5O2. The highest BCUT2D eigenvalue weighted by Gasteiger charge is 2.41. The Hall–Kier alpha value is -2.32. The van der Waals surface area contributed by atoms with E-state index in [1.807, 2.05) is 31.2 Å². The number of hydrogen-bond donors (Lipinski definition) is 1. The second kappa shape index (κ2) is 12.0. The molecule has 2 N–H and O–H groups in total. The monoisotopic (exact) mass is 573 g/mol. The van der Waals surface area contributed by atoms with Gasteiger partial charge in [0.1, 0.15) is 0 Å². The number of benzene rings is 2. The molecule has 3 amide bonds. The summed E-state index contributed by atoms with van der Waals surface area (Å²) in [5, 5.41) is 1.41. The first-order valence-corrected chi connectivity index (χ1v) is 14.4. The van der Waals surface area contributed by atoms with Gasteiger partial charge in [-0.25, -0.2) is 4.79 Å². The average molecular weight is 575 g/mol. The molecule has 212 valence electrons. The van der Waals surface area contributed by atoms with Gasteiger partial charge in [0.25, 0.3) is 0 Å². The van der Waals surface area contributed by atoms with E-state index in [-0.39, 0.29) is 35.5 Å². The second-order valence-electron chi connectivity index (χ2n) is 12.1. The van der Waals surface area contributed by atoms with Crippen molar-refractivity contribution >= 4 is 35.1 Å². The Kier molecular flexibility index (Phi) is 9.16. The van der Waals surface area contributed by atoms with Crippen molar-refractivity contribution in [1.82, 2.24) is 19.6 Å².